The first-order valence-electron chi connectivity index (χ1n) is 7.69. The van der Waals surface area contributed by atoms with Crippen molar-refractivity contribution >= 4 is 5.91 Å². The van der Waals surface area contributed by atoms with Gasteiger partial charge < -0.3 is 10.4 Å². The number of rotatable bonds is 7. The van der Waals surface area contributed by atoms with Gasteiger partial charge in [0.25, 0.3) is 0 Å². The van der Waals surface area contributed by atoms with E-state index in [0.29, 0.717) is 24.5 Å². The van der Waals surface area contributed by atoms with E-state index < -0.39 is 0 Å². The Kier molecular flexibility index (Phi) is 7.39. The number of aliphatic hydroxyl groups is 1. The molecular formula is C15H30N2O2. The number of hydrogen-bond donors (Lipinski definition) is 2. The van der Waals surface area contributed by atoms with Crippen molar-refractivity contribution in [1.29, 1.82) is 0 Å². The predicted molar refractivity (Wildman–Crippen MR) is 78.0 cm³/mol. The topological polar surface area (TPSA) is 52.6 Å². The molecule has 2 N–H and O–H groups in total. The summed E-state index contributed by atoms with van der Waals surface area (Å²) >= 11 is 0. The maximum atomic E-state index is 12.1. The summed E-state index contributed by atoms with van der Waals surface area (Å²) in [5.41, 5.74) is 0. The summed E-state index contributed by atoms with van der Waals surface area (Å²) in [6, 6.07) is 0.689. The molecule has 1 fully saturated rings. The van der Waals surface area contributed by atoms with E-state index in [1.54, 1.807) is 0 Å². The fourth-order valence-corrected chi connectivity index (χ4v) is 2.76. The van der Waals surface area contributed by atoms with Crippen molar-refractivity contribution in [3.05, 3.63) is 0 Å². The average Bonchev–Trinajstić information content (AvgIpc) is 2.37. The zero-order valence-corrected chi connectivity index (χ0v) is 12.7. The number of carbonyl (C=O) groups excluding carboxylic acids is 1. The first kappa shape index (κ1) is 16.4. The summed E-state index contributed by atoms with van der Waals surface area (Å²) in [6.45, 7) is 7.82. The third-order valence-corrected chi connectivity index (χ3v) is 4.14. The Bertz CT molecular complexity index is 269. The van der Waals surface area contributed by atoms with E-state index in [1.165, 1.54) is 19.3 Å². The Labute approximate surface area is 117 Å². The second-order valence-corrected chi connectivity index (χ2v) is 6.08. The van der Waals surface area contributed by atoms with Crippen molar-refractivity contribution in [1.82, 2.24) is 10.2 Å². The standard InChI is InChI=1S/C15H30N2O2/c1-12(2)17(9-6-10-18)11-15(19)16-14-8-5-4-7-13(14)3/h12-14,18H,4-11H2,1-3H3,(H,16,19). The lowest BCUT2D eigenvalue weighted by molar-refractivity contribution is -0.124. The van der Waals surface area contributed by atoms with Gasteiger partial charge in [-0.15, -0.1) is 0 Å². The van der Waals surface area contributed by atoms with Crippen molar-refractivity contribution < 1.29 is 9.90 Å². The van der Waals surface area contributed by atoms with Gasteiger partial charge in [0, 0.05) is 25.2 Å². The van der Waals surface area contributed by atoms with Crippen LogP contribution in [0.4, 0.5) is 0 Å². The predicted octanol–water partition coefficient (Wildman–Crippen LogP) is 1.77. The summed E-state index contributed by atoms with van der Waals surface area (Å²) in [5, 5.41) is 12.1. The third kappa shape index (κ3) is 5.91. The highest BCUT2D eigenvalue weighted by Crippen LogP contribution is 2.23. The molecule has 112 valence electrons. The fraction of sp³-hybridized carbons (Fsp3) is 0.933. The molecule has 1 aliphatic rings. The quantitative estimate of drug-likeness (QED) is 0.741. The molecule has 0 aromatic carbocycles. The van der Waals surface area contributed by atoms with E-state index in [9.17, 15) is 4.79 Å². The van der Waals surface area contributed by atoms with Gasteiger partial charge in [0.15, 0.2) is 0 Å². The Morgan fingerprint density at radius 1 is 1.37 bits per heavy atom. The van der Waals surface area contributed by atoms with Crippen LogP contribution < -0.4 is 5.32 Å². The molecule has 0 saturated heterocycles. The molecule has 0 heterocycles. The maximum Gasteiger partial charge on any atom is 0.234 e. The zero-order chi connectivity index (χ0) is 14.3. The van der Waals surface area contributed by atoms with Crippen molar-refractivity contribution in [3.8, 4) is 0 Å². The zero-order valence-electron chi connectivity index (χ0n) is 12.7. The summed E-state index contributed by atoms with van der Waals surface area (Å²) in [7, 11) is 0. The van der Waals surface area contributed by atoms with Crippen LogP contribution in [0.2, 0.25) is 0 Å². The van der Waals surface area contributed by atoms with Gasteiger partial charge in [-0.1, -0.05) is 19.8 Å². The van der Waals surface area contributed by atoms with Crippen LogP contribution in [0, 0.1) is 5.92 Å². The van der Waals surface area contributed by atoms with Gasteiger partial charge in [0.05, 0.1) is 6.54 Å². The van der Waals surface area contributed by atoms with Crippen LogP contribution in [-0.2, 0) is 4.79 Å². The molecule has 1 saturated carbocycles. The first-order chi connectivity index (χ1) is 9.04. The smallest absolute Gasteiger partial charge is 0.234 e. The van der Waals surface area contributed by atoms with Crippen LogP contribution in [0.15, 0.2) is 0 Å². The van der Waals surface area contributed by atoms with Gasteiger partial charge in [-0.3, -0.25) is 9.69 Å². The van der Waals surface area contributed by atoms with Gasteiger partial charge >= 0.3 is 0 Å². The molecule has 1 aliphatic carbocycles. The van der Waals surface area contributed by atoms with Crippen molar-refractivity contribution in [2.24, 2.45) is 5.92 Å². The largest absolute Gasteiger partial charge is 0.396 e. The summed E-state index contributed by atoms with van der Waals surface area (Å²) in [5.74, 6) is 0.730. The molecule has 4 nitrogen and oxygen atoms in total. The lowest BCUT2D eigenvalue weighted by atomic mass is 9.86. The Morgan fingerprint density at radius 3 is 2.63 bits per heavy atom. The molecule has 0 spiro atoms. The van der Waals surface area contributed by atoms with Gasteiger partial charge in [-0.25, -0.2) is 0 Å². The lowest BCUT2D eigenvalue weighted by Gasteiger charge is -2.31. The molecule has 1 amide bonds. The molecule has 1 rings (SSSR count). The normalized spacial score (nSPS) is 23.9. The average molecular weight is 270 g/mol. The van der Waals surface area contributed by atoms with E-state index in [4.69, 9.17) is 5.11 Å². The minimum absolute atomic E-state index is 0.130. The van der Waals surface area contributed by atoms with Crippen LogP contribution in [0.25, 0.3) is 0 Å². The lowest BCUT2D eigenvalue weighted by Crippen LogP contribution is -2.47. The van der Waals surface area contributed by atoms with E-state index in [1.807, 2.05) is 0 Å². The van der Waals surface area contributed by atoms with Crippen molar-refractivity contribution in [3.63, 3.8) is 0 Å². The highest BCUT2D eigenvalue weighted by molar-refractivity contribution is 5.78. The van der Waals surface area contributed by atoms with E-state index in [2.05, 4.69) is 31.0 Å². The molecule has 0 aliphatic heterocycles. The molecular weight excluding hydrogens is 240 g/mol. The molecule has 4 heteroatoms. The molecule has 2 atom stereocenters. The summed E-state index contributed by atoms with van der Waals surface area (Å²) in [4.78, 5) is 14.2. The number of carbonyl (C=O) groups is 1. The van der Waals surface area contributed by atoms with Gasteiger partial charge in [0.2, 0.25) is 5.91 Å². The number of aliphatic hydroxyl groups excluding tert-OH is 1. The van der Waals surface area contributed by atoms with E-state index in [-0.39, 0.29) is 12.5 Å². The van der Waals surface area contributed by atoms with Crippen LogP contribution in [0.3, 0.4) is 0 Å². The number of amides is 1. The first-order valence-corrected chi connectivity index (χ1v) is 7.69. The van der Waals surface area contributed by atoms with E-state index >= 15 is 0 Å². The summed E-state index contributed by atoms with van der Waals surface area (Å²) < 4.78 is 0. The highest BCUT2D eigenvalue weighted by Gasteiger charge is 2.23. The molecule has 19 heavy (non-hydrogen) atoms. The third-order valence-electron chi connectivity index (χ3n) is 4.14. The highest BCUT2D eigenvalue weighted by atomic mass is 16.3. The van der Waals surface area contributed by atoms with Crippen LogP contribution >= 0.6 is 0 Å². The monoisotopic (exact) mass is 270 g/mol. The van der Waals surface area contributed by atoms with Gasteiger partial charge in [-0.2, -0.15) is 0 Å². The Hall–Kier alpha value is -0.610. The van der Waals surface area contributed by atoms with Gasteiger partial charge in [-0.05, 0) is 39.0 Å². The minimum atomic E-state index is 0.130. The maximum absolute atomic E-state index is 12.1. The number of nitrogens with zero attached hydrogens (tertiary/aromatic N) is 1. The van der Waals surface area contributed by atoms with Crippen LogP contribution in [-0.4, -0.2) is 47.7 Å². The Balaban J connectivity index is 2.38. The van der Waals surface area contributed by atoms with Crippen molar-refractivity contribution in [2.45, 2.75) is 65.0 Å². The molecule has 0 bridgehead atoms. The second-order valence-electron chi connectivity index (χ2n) is 6.08. The molecule has 0 radical (unpaired) electrons. The second kappa shape index (κ2) is 8.54. The molecule has 0 aromatic heterocycles. The molecule has 2 unspecified atom stereocenters. The van der Waals surface area contributed by atoms with Crippen LogP contribution in [0.1, 0.15) is 52.9 Å². The number of nitrogens with one attached hydrogen (secondary N) is 1. The molecule has 0 aromatic rings. The van der Waals surface area contributed by atoms with Gasteiger partial charge in [0.1, 0.15) is 0 Å². The number of hydrogen-bond acceptors (Lipinski definition) is 3. The van der Waals surface area contributed by atoms with Crippen LogP contribution in [0.5, 0.6) is 0 Å². The fourth-order valence-electron chi connectivity index (χ4n) is 2.76. The van der Waals surface area contributed by atoms with E-state index in [0.717, 1.165) is 19.4 Å². The summed E-state index contributed by atoms with van der Waals surface area (Å²) in [6.07, 6.45) is 5.59. The Morgan fingerprint density at radius 2 is 2.05 bits per heavy atom. The SMILES string of the molecule is CC1CCCCC1NC(=O)CN(CCCO)C(C)C. The van der Waals surface area contributed by atoms with Crippen molar-refractivity contribution in [2.75, 3.05) is 19.7 Å². The minimum Gasteiger partial charge on any atom is -0.396 e.